The van der Waals surface area contributed by atoms with Gasteiger partial charge in [0.15, 0.2) is 0 Å². The second-order valence-electron chi connectivity index (χ2n) is 4.87. The first kappa shape index (κ1) is 13.8. The van der Waals surface area contributed by atoms with E-state index in [1.807, 2.05) is 18.2 Å². The van der Waals surface area contributed by atoms with Gasteiger partial charge >= 0.3 is 0 Å². The number of aliphatic hydroxyl groups is 1. The van der Waals surface area contributed by atoms with E-state index >= 15 is 0 Å². The lowest BCUT2D eigenvalue weighted by molar-refractivity contribution is 0.183. The van der Waals surface area contributed by atoms with Crippen LogP contribution in [-0.2, 0) is 6.54 Å². The lowest BCUT2D eigenvalue weighted by atomic mass is 10.1. The van der Waals surface area contributed by atoms with Crippen molar-refractivity contribution < 1.29 is 9.84 Å². The van der Waals surface area contributed by atoms with E-state index in [0.29, 0.717) is 23.9 Å². The molecule has 1 aliphatic carbocycles. The van der Waals surface area contributed by atoms with Crippen molar-refractivity contribution in [3.63, 3.8) is 0 Å². The maximum atomic E-state index is 9.10. The average molecular weight is 263 g/mol. The Morgan fingerprint density at radius 2 is 2.26 bits per heavy atom. The molecule has 4 N–H and O–H groups in total. The molecule has 1 aliphatic rings. The van der Waals surface area contributed by atoms with Crippen LogP contribution in [0.5, 0.6) is 5.75 Å². The van der Waals surface area contributed by atoms with E-state index in [4.69, 9.17) is 21.0 Å². The molecule has 0 unspecified atom stereocenters. The topological polar surface area (TPSA) is 82.6 Å². The second-order valence-corrected chi connectivity index (χ2v) is 4.87. The number of nitrogens with zero attached hydrogens (tertiary/aromatic N) is 1. The van der Waals surface area contributed by atoms with Crippen molar-refractivity contribution in [3.05, 3.63) is 29.3 Å². The molecular formula is C14H21N3O2. The summed E-state index contributed by atoms with van der Waals surface area (Å²) in [6.07, 6.45) is 2.41. The number of hydrogen-bond donors (Lipinski definition) is 3. The van der Waals surface area contributed by atoms with Crippen LogP contribution in [0, 0.1) is 5.41 Å². The minimum atomic E-state index is 0.0128. The number of benzene rings is 1. The molecule has 0 bridgehead atoms. The number of nitrogens with one attached hydrogen (secondary N) is 1. The Morgan fingerprint density at radius 3 is 2.79 bits per heavy atom. The summed E-state index contributed by atoms with van der Waals surface area (Å²) in [6.45, 7) is 1.63. The predicted molar refractivity (Wildman–Crippen MR) is 74.5 cm³/mol. The maximum Gasteiger partial charge on any atom is 0.129 e. The normalized spacial score (nSPS) is 14.7. The van der Waals surface area contributed by atoms with Gasteiger partial charge in [-0.05, 0) is 30.5 Å². The summed E-state index contributed by atoms with van der Waals surface area (Å²) in [7, 11) is 1.57. The van der Waals surface area contributed by atoms with E-state index in [1.54, 1.807) is 7.11 Å². The van der Waals surface area contributed by atoms with Crippen molar-refractivity contribution in [2.24, 2.45) is 5.73 Å². The lowest BCUT2D eigenvalue weighted by Crippen LogP contribution is -2.28. The second kappa shape index (κ2) is 6.04. The van der Waals surface area contributed by atoms with Crippen LogP contribution in [0.2, 0.25) is 0 Å². The fourth-order valence-corrected chi connectivity index (χ4v) is 2.26. The molecule has 2 rings (SSSR count). The molecule has 0 aliphatic heterocycles. The fourth-order valence-electron chi connectivity index (χ4n) is 2.26. The Bertz CT molecular complexity index is 458. The zero-order chi connectivity index (χ0) is 13.8. The van der Waals surface area contributed by atoms with E-state index in [9.17, 15) is 0 Å². The monoisotopic (exact) mass is 263 g/mol. The summed E-state index contributed by atoms with van der Waals surface area (Å²) >= 11 is 0. The third-order valence-corrected chi connectivity index (χ3v) is 3.39. The summed E-state index contributed by atoms with van der Waals surface area (Å²) in [5.74, 6) is 0.634. The van der Waals surface area contributed by atoms with Gasteiger partial charge in [0.1, 0.15) is 11.6 Å². The van der Waals surface area contributed by atoms with Gasteiger partial charge in [-0.15, -0.1) is 0 Å². The van der Waals surface area contributed by atoms with Crippen molar-refractivity contribution in [2.45, 2.75) is 25.4 Å². The third-order valence-electron chi connectivity index (χ3n) is 3.39. The fraction of sp³-hybridized carbons (Fsp3) is 0.500. The Labute approximate surface area is 113 Å². The third kappa shape index (κ3) is 3.45. The molecule has 1 saturated carbocycles. The molecule has 0 aromatic heterocycles. The highest BCUT2D eigenvalue weighted by molar-refractivity contribution is 5.97. The van der Waals surface area contributed by atoms with Crippen LogP contribution in [0.15, 0.2) is 18.2 Å². The van der Waals surface area contributed by atoms with Gasteiger partial charge in [-0.1, -0.05) is 6.07 Å². The number of nitrogens with two attached hydrogens (primary N) is 1. The molecule has 0 heterocycles. The number of ether oxygens (including phenoxy) is 1. The summed E-state index contributed by atoms with van der Waals surface area (Å²) in [4.78, 5) is 2.27. The molecule has 19 heavy (non-hydrogen) atoms. The molecule has 0 saturated heterocycles. The molecule has 0 spiro atoms. The summed E-state index contributed by atoms with van der Waals surface area (Å²) in [5.41, 5.74) is 7.28. The van der Waals surface area contributed by atoms with Crippen molar-refractivity contribution in [3.8, 4) is 5.75 Å². The van der Waals surface area contributed by atoms with Crippen LogP contribution in [0.25, 0.3) is 0 Å². The average Bonchev–Trinajstić information content (AvgIpc) is 3.22. The van der Waals surface area contributed by atoms with Crippen LogP contribution < -0.4 is 10.5 Å². The SMILES string of the molecule is COc1ccc(CN(CCO)C2CC2)cc1C(=N)N. The van der Waals surface area contributed by atoms with Gasteiger partial charge < -0.3 is 15.6 Å². The largest absolute Gasteiger partial charge is 0.496 e. The quantitative estimate of drug-likeness (QED) is 0.505. The number of aliphatic hydroxyl groups excluding tert-OH is 1. The van der Waals surface area contributed by atoms with Gasteiger partial charge in [0.25, 0.3) is 0 Å². The minimum Gasteiger partial charge on any atom is -0.496 e. The molecule has 1 aromatic carbocycles. The van der Waals surface area contributed by atoms with Gasteiger partial charge in [-0.3, -0.25) is 10.3 Å². The lowest BCUT2D eigenvalue weighted by Gasteiger charge is -2.21. The van der Waals surface area contributed by atoms with Gasteiger partial charge in [0.05, 0.1) is 19.3 Å². The van der Waals surface area contributed by atoms with E-state index < -0.39 is 0 Å². The maximum absolute atomic E-state index is 9.10. The van der Waals surface area contributed by atoms with Crippen molar-refractivity contribution in [1.29, 1.82) is 5.41 Å². The number of rotatable bonds is 7. The van der Waals surface area contributed by atoms with Crippen molar-refractivity contribution in [1.82, 2.24) is 4.90 Å². The van der Waals surface area contributed by atoms with E-state index in [2.05, 4.69) is 4.90 Å². The number of amidine groups is 1. The highest BCUT2D eigenvalue weighted by Crippen LogP contribution is 2.29. The predicted octanol–water partition coefficient (Wildman–Crippen LogP) is 0.936. The first-order chi connectivity index (χ1) is 9.15. The van der Waals surface area contributed by atoms with Crippen LogP contribution in [0.4, 0.5) is 0 Å². The minimum absolute atomic E-state index is 0.0128. The van der Waals surface area contributed by atoms with E-state index in [1.165, 1.54) is 12.8 Å². The molecule has 1 aromatic rings. The van der Waals surface area contributed by atoms with Crippen molar-refractivity contribution >= 4 is 5.84 Å². The van der Waals surface area contributed by atoms with Crippen LogP contribution in [-0.4, -0.2) is 42.1 Å². The Kier molecular flexibility index (Phi) is 4.39. The Hall–Kier alpha value is -1.59. The van der Waals surface area contributed by atoms with Gasteiger partial charge in [-0.25, -0.2) is 0 Å². The van der Waals surface area contributed by atoms with Crippen molar-refractivity contribution in [2.75, 3.05) is 20.3 Å². The summed E-state index contributed by atoms with van der Waals surface area (Å²) in [6, 6.07) is 6.32. The number of methoxy groups -OCH3 is 1. The molecule has 104 valence electrons. The van der Waals surface area contributed by atoms with Crippen LogP contribution in [0.3, 0.4) is 0 Å². The molecule has 5 nitrogen and oxygen atoms in total. The molecule has 0 radical (unpaired) electrons. The summed E-state index contributed by atoms with van der Waals surface area (Å²) in [5, 5.41) is 16.7. The van der Waals surface area contributed by atoms with Crippen LogP contribution >= 0.6 is 0 Å². The Balaban J connectivity index is 2.15. The van der Waals surface area contributed by atoms with Gasteiger partial charge in [0.2, 0.25) is 0 Å². The molecule has 5 heteroatoms. The molecule has 1 fully saturated rings. The smallest absolute Gasteiger partial charge is 0.129 e. The zero-order valence-electron chi connectivity index (χ0n) is 11.2. The molecule has 0 atom stereocenters. The molecular weight excluding hydrogens is 242 g/mol. The van der Waals surface area contributed by atoms with E-state index in [-0.39, 0.29) is 12.4 Å². The standard InChI is InChI=1S/C14H21N3O2/c1-19-13-5-2-10(8-12(13)14(15)16)9-17(6-7-18)11-3-4-11/h2,5,8,11,18H,3-4,6-7,9H2,1H3,(H3,15,16). The first-order valence-corrected chi connectivity index (χ1v) is 6.52. The number of hydrogen-bond acceptors (Lipinski definition) is 4. The van der Waals surface area contributed by atoms with Gasteiger partial charge in [0, 0.05) is 19.1 Å². The van der Waals surface area contributed by atoms with Gasteiger partial charge in [-0.2, -0.15) is 0 Å². The highest BCUT2D eigenvalue weighted by atomic mass is 16.5. The highest BCUT2D eigenvalue weighted by Gasteiger charge is 2.28. The number of nitrogen functional groups attached to an aromatic ring is 1. The summed E-state index contributed by atoms with van der Waals surface area (Å²) < 4.78 is 5.20. The Morgan fingerprint density at radius 1 is 1.53 bits per heavy atom. The zero-order valence-corrected chi connectivity index (χ0v) is 11.2. The van der Waals surface area contributed by atoms with Crippen LogP contribution in [0.1, 0.15) is 24.0 Å². The first-order valence-electron chi connectivity index (χ1n) is 6.52. The molecule has 0 amide bonds. The van der Waals surface area contributed by atoms with E-state index in [0.717, 1.165) is 12.1 Å².